The van der Waals surface area contributed by atoms with Crippen LogP contribution in [0.1, 0.15) is 19.4 Å². The van der Waals surface area contributed by atoms with Crippen molar-refractivity contribution >= 4 is 10.9 Å². The number of fused-ring (bicyclic) bond motifs is 1. The summed E-state index contributed by atoms with van der Waals surface area (Å²) >= 11 is 0. The second-order valence-corrected chi connectivity index (χ2v) is 4.66. The largest absolute Gasteiger partial charge is 0.497 e. The molecule has 1 aromatic carbocycles. The van der Waals surface area contributed by atoms with Crippen LogP contribution in [0.15, 0.2) is 24.4 Å². The van der Waals surface area contributed by atoms with Crippen molar-refractivity contribution in [3.05, 3.63) is 30.0 Å². The SMILES string of the molecule is COc1ccc2c(c1)c(C(C)(C)N)cn2OC. The number of rotatable bonds is 3. The first kappa shape index (κ1) is 11.8. The smallest absolute Gasteiger partial charge is 0.119 e. The number of aromatic nitrogens is 1. The van der Waals surface area contributed by atoms with Crippen LogP contribution in [0.5, 0.6) is 5.75 Å². The predicted octanol–water partition coefficient (Wildman–Crippen LogP) is 1.90. The van der Waals surface area contributed by atoms with Gasteiger partial charge >= 0.3 is 0 Å². The molecule has 92 valence electrons. The summed E-state index contributed by atoms with van der Waals surface area (Å²) in [6, 6.07) is 5.85. The second kappa shape index (κ2) is 3.96. The van der Waals surface area contributed by atoms with Gasteiger partial charge in [0.1, 0.15) is 12.9 Å². The van der Waals surface area contributed by atoms with E-state index in [0.717, 1.165) is 22.2 Å². The van der Waals surface area contributed by atoms with Crippen LogP contribution in [0.2, 0.25) is 0 Å². The Morgan fingerprint density at radius 2 is 1.94 bits per heavy atom. The van der Waals surface area contributed by atoms with E-state index in [1.165, 1.54) is 0 Å². The highest BCUT2D eigenvalue weighted by Gasteiger charge is 2.21. The lowest BCUT2D eigenvalue weighted by Gasteiger charge is -2.17. The predicted molar refractivity (Wildman–Crippen MR) is 68.2 cm³/mol. The molecule has 2 aromatic rings. The van der Waals surface area contributed by atoms with Gasteiger partial charge in [0, 0.05) is 22.7 Å². The lowest BCUT2D eigenvalue weighted by atomic mass is 9.95. The van der Waals surface area contributed by atoms with E-state index in [9.17, 15) is 0 Å². The summed E-state index contributed by atoms with van der Waals surface area (Å²) in [7, 11) is 3.29. The Kier molecular flexibility index (Phi) is 2.75. The van der Waals surface area contributed by atoms with Crippen molar-refractivity contribution in [2.24, 2.45) is 5.73 Å². The van der Waals surface area contributed by atoms with Crippen molar-refractivity contribution in [1.82, 2.24) is 4.73 Å². The quantitative estimate of drug-likeness (QED) is 0.882. The number of ether oxygens (including phenoxy) is 1. The summed E-state index contributed by atoms with van der Waals surface area (Å²) in [5.41, 5.74) is 7.77. The molecule has 17 heavy (non-hydrogen) atoms. The van der Waals surface area contributed by atoms with Gasteiger partial charge < -0.3 is 15.3 Å². The minimum atomic E-state index is -0.422. The molecule has 0 aliphatic rings. The van der Waals surface area contributed by atoms with Gasteiger partial charge in [0.05, 0.1) is 12.6 Å². The molecular weight excluding hydrogens is 216 g/mol. The summed E-state index contributed by atoms with van der Waals surface area (Å²) in [5.74, 6) is 0.817. The molecule has 4 nitrogen and oxygen atoms in total. The van der Waals surface area contributed by atoms with E-state index in [2.05, 4.69) is 0 Å². The number of methoxy groups -OCH3 is 1. The molecule has 4 heteroatoms. The fourth-order valence-electron chi connectivity index (χ4n) is 1.97. The third kappa shape index (κ3) is 1.96. The van der Waals surface area contributed by atoms with E-state index >= 15 is 0 Å². The lowest BCUT2D eigenvalue weighted by Crippen LogP contribution is -2.28. The molecule has 2 rings (SSSR count). The fourth-order valence-corrected chi connectivity index (χ4v) is 1.97. The number of nitrogens with zero attached hydrogens (tertiary/aromatic N) is 1. The average molecular weight is 234 g/mol. The molecule has 1 heterocycles. The average Bonchev–Trinajstić information content (AvgIpc) is 2.66. The van der Waals surface area contributed by atoms with Crippen LogP contribution >= 0.6 is 0 Å². The monoisotopic (exact) mass is 234 g/mol. The van der Waals surface area contributed by atoms with Crippen molar-refractivity contribution in [3.8, 4) is 5.75 Å². The highest BCUT2D eigenvalue weighted by Crippen LogP contribution is 2.30. The first-order chi connectivity index (χ1) is 7.97. The Bertz CT molecular complexity index is 538. The molecule has 0 saturated carbocycles. The lowest BCUT2D eigenvalue weighted by molar-refractivity contribution is 0.178. The van der Waals surface area contributed by atoms with Crippen LogP contribution in [0.25, 0.3) is 10.9 Å². The maximum atomic E-state index is 6.17. The molecule has 0 radical (unpaired) electrons. The Hall–Kier alpha value is -1.68. The maximum absolute atomic E-state index is 6.17. The molecule has 2 N–H and O–H groups in total. The highest BCUT2D eigenvalue weighted by molar-refractivity contribution is 5.86. The van der Waals surface area contributed by atoms with E-state index < -0.39 is 5.54 Å². The molecule has 0 aliphatic carbocycles. The minimum Gasteiger partial charge on any atom is -0.497 e. The van der Waals surface area contributed by atoms with Gasteiger partial charge in [0.15, 0.2) is 0 Å². The van der Waals surface area contributed by atoms with E-state index in [1.807, 2.05) is 38.2 Å². The third-order valence-corrected chi connectivity index (χ3v) is 2.87. The summed E-state index contributed by atoms with van der Waals surface area (Å²) in [5, 5.41) is 1.05. The van der Waals surface area contributed by atoms with Gasteiger partial charge in [-0.3, -0.25) is 0 Å². The van der Waals surface area contributed by atoms with Gasteiger partial charge in [0.2, 0.25) is 0 Å². The minimum absolute atomic E-state index is 0.422. The molecule has 1 aromatic heterocycles. The van der Waals surface area contributed by atoms with Crippen molar-refractivity contribution in [2.45, 2.75) is 19.4 Å². The first-order valence-corrected chi connectivity index (χ1v) is 5.50. The van der Waals surface area contributed by atoms with Crippen LogP contribution < -0.4 is 15.3 Å². The van der Waals surface area contributed by atoms with Crippen molar-refractivity contribution < 1.29 is 9.57 Å². The molecule has 0 amide bonds. The molecule has 0 saturated heterocycles. The zero-order chi connectivity index (χ0) is 12.6. The number of benzene rings is 1. The fraction of sp³-hybridized carbons (Fsp3) is 0.385. The molecule has 0 aliphatic heterocycles. The Morgan fingerprint density at radius 3 is 2.47 bits per heavy atom. The van der Waals surface area contributed by atoms with Crippen molar-refractivity contribution in [1.29, 1.82) is 0 Å². The molecule has 0 fully saturated rings. The van der Waals surface area contributed by atoms with Crippen LogP contribution in [-0.2, 0) is 5.54 Å². The van der Waals surface area contributed by atoms with Gasteiger partial charge in [0.25, 0.3) is 0 Å². The van der Waals surface area contributed by atoms with Crippen LogP contribution in [0.4, 0.5) is 0 Å². The normalized spacial score (nSPS) is 11.8. The van der Waals surface area contributed by atoms with Crippen molar-refractivity contribution in [3.63, 3.8) is 0 Å². The summed E-state index contributed by atoms with van der Waals surface area (Å²) in [4.78, 5) is 5.30. The Labute approximate surface area is 101 Å². The van der Waals surface area contributed by atoms with Crippen LogP contribution in [0.3, 0.4) is 0 Å². The van der Waals surface area contributed by atoms with Gasteiger partial charge in [-0.05, 0) is 32.0 Å². The van der Waals surface area contributed by atoms with Gasteiger partial charge in [-0.2, -0.15) is 4.73 Å². The Balaban J connectivity index is 2.75. The summed E-state index contributed by atoms with van der Waals surface area (Å²) in [6.07, 6.45) is 1.92. The number of hydrogen-bond acceptors (Lipinski definition) is 3. The van der Waals surface area contributed by atoms with Gasteiger partial charge in [-0.15, -0.1) is 0 Å². The molecular formula is C13H18N2O2. The zero-order valence-electron chi connectivity index (χ0n) is 10.7. The van der Waals surface area contributed by atoms with Gasteiger partial charge in [-0.25, -0.2) is 0 Å². The Morgan fingerprint density at radius 1 is 1.24 bits per heavy atom. The second-order valence-electron chi connectivity index (χ2n) is 4.66. The van der Waals surface area contributed by atoms with E-state index in [0.29, 0.717) is 0 Å². The highest BCUT2D eigenvalue weighted by atomic mass is 16.6. The summed E-state index contributed by atoms with van der Waals surface area (Å²) < 4.78 is 6.96. The maximum Gasteiger partial charge on any atom is 0.119 e. The van der Waals surface area contributed by atoms with Gasteiger partial charge in [-0.1, -0.05) is 0 Å². The van der Waals surface area contributed by atoms with E-state index in [1.54, 1.807) is 19.0 Å². The standard InChI is InChI=1S/C13H18N2O2/c1-13(2,14)11-8-15(17-4)12-6-5-9(16-3)7-10(11)12/h5-8H,14H2,1-4H3. The van der Waals surface area contributed by atoms with Crippen molar-refractivity contribution in [2.75, 3.05) is 14.2 Å². The van der Waals surface area contributed by atoms with E-state index in [4.69, 9.17) is 15.3 Å². The van der Waals surface area contributed by atoms with Crippen LogP contribution in [0, 0.1) is 0 Å². The first-order valence-electron chi connectivity index (χ1n) is 5.50. The number of hydrogen-bond donors (Lipinski definition) is 1. The van der Waals surface area contributed by atoms with E-state index in [-0.39, 0.29) is 0 Å². The molecule has 0 atom stereocenters. The van der Waals surface area contributed by atoms with Crippen LogP contribution in [-0.4, -0.2) is 19.0 Å². The molecule has 0 spiro atoms. The summed E-state index contributed by atoms with van der Waals surface area (Å²) in [6.45, 7) is 3.95. The molecule has 0 unspecified atom stereocenters. The topological polar surface area (TPSA) is 49.4 Å². The third-order valence-electron chi connectivity index (χ3n) is 2.87. The molecule has 0 bridgehead atoms. The zero-order valence-corrected chi connectivity index (χ0v) is 10.7. The number of nitrogens with two attached hydrogens (primary N) is 1.